The van der Waals surface area contributed by atoms with Crippen LogP contribution in [0.1, 0.15) is 29.2 Å². The molecule has 0 aliphatic carbocycles. The molecule has 1 aliphatic heterocycles. The Morgan fingerprint density at radius 3 is 2.15 bits per heavy atom. The smallest absolute Gasteiger partial charge is 0.245 e. The molecule has 3 amide bonds. The number of methoxy groups -OCH3 is 2. The first-order valence-electron chi connectivity index (χ1n) is 13.3. The van der Waals surface area contributed by atoms with Crippen LogP contribution in [0.3, 0.4) is 0 Å². The van der Waals surface area contributed by atoms with E-state index in [0.29, 0.717) is 31.0 Å². The number of hydrogen-bond donors (Lipinski definition) is 2. The third-order valence-electron chi connectivity index (χ3n) is 7.10. The van der Waals surface area contributed by atoms with Gasteiger partial charge in [0.05, 0.1) is 14.2 Å². The minimum absolute atomic E-state index is 0.154. The Kier molecular flexibility index (Phi) is 9.54. The number of ether oxygens (including phenoxy) is 2. The zero-order chi connectivity index (χ0) is 29.5. The first-order chi connectivity index (χ1) is 19.7. The van der Waals surface area contributed by atoms with Gasteiger partial charge in [0.1, 0.15) is 23.6 Å². The van der Waals surface area contributed by atoms with E-state index in [4.69, 9.17) is 9.47 Å². The molecule has 10 heteroatoms. The number of rotatable bonds is 10. The van der Waals surface area contributed by atoms with Crippen LogP contribution in [0.15, 0.2) is 60.7 Å². The van der Waals surface area contributed by atoms with E-state index >= 15 is 0 Å². The van der Waals surface area contributed by atoms with Crippen molar-refractivity contribution < 1.29 is 32.6 Å². The molecule has 3 aromatic rings. The standard InChI is InChI=1S/C31H33F2N3O5/c1-19(29(37)34-17-21-11-24(32)16-25(33)12-21)30(38)35-26(13-20-7-5-4-6-8-20)31(39)36-10-9-22-14-27(40-2)28(41-3)15-23(22)18-36/h4-8,11-12,14-16,19,26H,9-10,13,17-18H2,1-3H3,(H,34,37)(H,35,38). The van der Waals surface area contributed by atoms with Crippen molar-refractivity contribution in [2.75, 3.05) is 20.8 Å². The molecule has 2 unspecified atom stereocenters. The lowest BCUT2D eigenvalue weighted by atomic mass is 9.97. The highest BCUT2D eigenvalue weighted by Gasteiger charge is 2.32. The summed E-state index contributed by atoms with van der Waals surface area (Å²) in [4.78, 5) is 41.3. The maximum Gasteiger partial charge on any atom is 0.245 e. The number of halogens is 2. The summed E-state index contributed by atoms with van der Waals surface area (Å²) in [7, 11) is 3.12. The van der Waals surface area contributed by atoms with Gasteiger partial charge in [-0.1, -0.05) is 30.3 Å². The van der Waals surface area contributed by atoms with Crippen LogP contribution in [0.2, 0.25) is 0 Å². The van der Waals surface area contributed by atoms with Crippen molar-refractivity contribution in [2.45, 2.75) is 38.9 Å². The maximum atomic E-state index is 13.8. The number of carbonyl (C=O) groups excluding carboxylic acids is 3. The lowest BCUT2D eigenvalue weighted by Crippen LogP contribution is -2.53. The summed E-state index contributed by atoms with van der Waals surface area (Å²) in [6.45, 7) is 2.04. The predicted octanol–water partition coefficient (Wildman–Crippen LogP) is 3.55. The molecule has 0 saturated heterocycles. The van der Waals surface area contributed by atoms with Gasteiger partial charge < -0.3 is 25.0 Å². The van der Waals surface area contributed by atoms with Gasteiger partial charge in [-0.15, -0.1) is 0 Å². The van der Waals surface area contributed by atoms with E-state index in [2.05, 4.69) is 10.6 Å². The number of nitrogens with zero attached hydrogens (tertiary/aromatic N) is 1. The summed E-state index contributed by atoms with van der Waals surface area (Å²) >= 11 is 0. The van der Waals surface area contributed by atoms with E-state index in [1.807, 2.05) is 42.5 Å². The van der Waals surface area contributed by atoms with Crippen molar-refractivity contribution in [3.8, 4) is 11.5 Å². The number of fused-ring (bicyclic) bond motifs is 1. The largest absolute Gasteiger partial charge is 0.493 e. The molecular formula is C31H33F2N3O5. The normalized spacial score (nSPS) is 13.9. The van der Waals surface area contributed by atoms with Gasteiger partial charge >= 0.3 is 0 Å². The van der Waals surface area contributed by atoms with Crippen LogP contribution in [0.25, 0.3) is 0 Å². The van der Waals surface area contributed by atoms with Crippen molar-refractivity contribution in [2.24, 2.45) is 5.92 Å². The number of carbonyl (C=O) groups is 3. The monoisotopic (exact) mass is 565 g/mol. The van der Waals surface area contributed by atoms with Crippen LogP contribution in [-0.4, -0.2) is 49.4 Å². The Balaban J connectivity index is 1.47. The van der Waals surface area contributed by atoms with Gasteiger partial charge in [0.2, 0.25) is 17.7 Å². The Hall–Kier alpha value is -4.47. The van der Waals surface area contributed by atoms with Crippen LogP contribution >= 0.6 is 0 Å². The van der Waals surface area contributed by atoms with Crippen LogP contribution in [0.5, 0.6) is 11.5 Å². The molecule has 8 nitrogen and oxygen atoms in total. The fraction of sp³-hybridized carbons (Fsp3) is 0.323. The molecule has 0 radical (unpaired) electrons. The van der Waals surface area contributed by atoms with Gasteiger partial charge in [0.15, 0.2) is 11.5 Å². The van der Waals surface area contributed by atoms with Gasteiger partial charge in [0.25, 0.3) is 0 Å². The highest BCUT2D eigenvalue weighted by atomic mass is 19.1. The number of nitrogens with one attached hydrogen (secondary N) is 2. The topological polar surface area (TPSA) is 97.0 Å². The van der Waals surface area contributed by atoms with Gasteiger partial charge in [-0.3, -0.25) is 14.4 Å². The molecule has 3 aromatic carbocycles. The van der Waals surface area contributed by atoms with Gasteiger partial charge in [-0.05, 0) is 59.9 Å². The van der Waals surface area contributed by atoms with E-state index in [1.165, 1.54) is 6.92 Å². The Morgan fingerprint density at radius 2 is 1.51 bits per heavy atom. The van der Waals surface area contributed by atoms with Crippen molar-refractivity contribution in [3.05, 3.63) is 94.6 Å². The predicted molar refractivity (Wildman–Crippen MR) is 148 cm³/mol. The van der Waals surface area contributed by atoms with Crippen molar-refractivity contribution in [3.63, 3.8) is 0 Å². The first kappa shape index (κ1) is 29.5. The summed E-state index contributed by atoms with van der Waals surface area (Å²) in [5.74, 6) is -3.04. The van der Waals surface area contributed by atoms with E-state index in [9.17, 15) is 23.2 Å². The molecule has 0 saturated carbocycles. The lowest BCUT2D eigenvalue weighted by molar-refractivity contribution is -0.140. The van der Waals surface area contributed by atoms with E-state index in [1.54, 1.807) is 19.1 Å². The van der Waals surface area contributed by atoms with Crippen LogP contribution in [0, 0.1) is 17.6 Å². The molecule has 0 fully saturated rings. The quantitative estimate of drug-likeness (QED) is 0.367. The molecule has 0 aromatic heterocycles. The van der Waals surface area contributed by atoms with Crippen LogP contribution in [-0.2, 0) is 40.3 Å². The zero-order valence-electron chi connectivity index (χ0n) is 23.2. The average Bonchev–Trinajstić information content (AvgIpc) is 2.97. The Bertz CT molecular complexity index is 1400. The van der Waals surface area contributed by atoms with E-state index < -0.39 is 35.4 Å². The fourth-order valence-electron chi connectivity index (χ4n) is 4.81. The minimum Gasteiger partial charge on any atom is -0.493 e. The summed E-state index contributed by atoms with van der Waals surface area (Å²) < 4.78 is 37.8. The van der Waals surface area contributed by atoms with Gasteiger partial charge in [0, 0.05) is 32.1 Å². The molecule has 2 N–H and O–H groups in total. The van der Waals surface area contributed by atoms with Crippen LogP contribution < -0.4 is 20.1 Å². The molecular weight excluding hydrogens is 532 g/mol. The first-order valence-corrected chi connectivity index (χ1v) is 13.3. The number of hydrogen-bond acceptors (Lipinski definition) is 5. The minimum atomic E-state index is -1.15. The van der Waals surface area contributed by atoms with Crippen molar-refractivity contribution >= 4 is 17.7 Å². The summed E-state index contributed by atoms with van der Waals surface area (Å²) in [6.07, 6.45) is 0.838. The van der Waals surface area contributed by atoms with Crippen LogP contribution in [0.4, 0.5) is 8.78 Å². The molecule has 41 heavy (non-hydrogen) atoms. The van der Waals surface area contributed by atoms with Crippen molar-refractivity contribution in [1.29, 1.82) is 0 Å². The lowest BCUT2D eigenvalue weighted by Gasteiger charge is -2.33. The second kappa shape index (κ2) is 13.3. The number of amides is 3. The Morgan fingerprint density at radius 1 is 0.878 bits per heavy atom. The number of benzene rings is 3. The molecule has 216 valence electrons. The third kappa shape index (κ3) is 7.39. The van der Waals surface area contributed by atoms with Crippen molar-refractivity contribution in [1.82, 2.24) is 15.5 Å². The summed E-state index contributed by atoms with van der Waals surface area (Å²) in [5, 5.41) is 5.30. The average molecular weight is 566 g/mol. The molecule has 1 aliphatic rings. The van der Waals surface area contributed by atoms with Gasteiger partial charge in [-0.2, -0.15) is 0 Å². The molecule has 4 rings (SSSR count). The second-order valence-electron chi connectivity index (χ2n) is 9.95. The second-order valence-corrected chi connectivity index (χ2v) is 9.95. The molecule has 2 atom stereocenters. The third-order valence-corrected chi connectivity index (χ3v) is 7.10. The van der Waals surface area contributed by atoms with E-state index in [0.717, 1.165) is 34.9 Å². The molecule has 0 spiro atoms. The molecule has 1 heterocycles. The molecule has 0 bridgehead atoms. The summed E-state index contributed by atoms with van der Waals surface area (Å²) in [6, 6.07) is 15.1. The zero-order valence-corrected chi connectivity index (χ0v) is 23.2. The highest BCUT2D eigenvalue weighted by Crippen LogP contribution is 2.33. The SMILES string of the molecule is COc1cc2c(cc1OC)CN(C(=O)C(Cc1ccccc1)NC(=O)C(C)C(=O)NCc1cc(F)cc(F)c1)CC2. The fourth-order valence-corrected chi connectivity index (χ4v) is 4.81. The maximum absolute atomic E-state index is 13.8. The summed E-state index contributed by atoms with van der Waals surface area (Å²) in [5.41, 5.74) is 3.05. The van der Waals surface area contributed by atoms with Gasteiger partial charge in [-0.25, -0.2) is 8.78 Å². The Labute approximate surface area is 237 Å². The van der Waals surface area contributed by atoms with E-state index in [-0.39, 0.29) is 24.4 Å². The highest BCUT2D eigenvalue weighted by molar-refractivity contribution is 6.01.